The summed E-state index contributed by atoms with van der Waals surface area (Å²) in [4.78, 5) is 0. The second-order valence-corrected chi connectivity index (χ2v) is 16.7. The smallest absolute Gasteiger partial charge is 0.300 e. The molecule has 0 unspecified atom stereocenters. The highest BCUT2D eigenvalue weighted by atomic mass is 28.3. The fraction of sp³-hybridized carbons (Fsp3) is 0.680. The summed E-state index contributed by atoms with van der Waals surface area (Å²) in [6.45, 7) is 19.5. The van der Waals surface area contributed by atoms with E-state index >= 15 is 0 Å². The minimum absolute atomic E-state index is 0.0346. The van der Waals surface area contributed by atoms with E-state index in [1.54, 1.807) is 0 Å². The Morgan fingerprint density at radius 3 is 1.89 bits per heavy atom. The van der Waals surface area contributed by atoms with Crippen LogP contribution in [0.1, 0.15) is 71.0 Å². The summed E-state index contributed by atoms with van der Waals surface area (Å²) in [5, 5.41) is -0.0346. The lowest BCUT2D eigenvalue weighted by molar-refractivity contribution is 0.0864. The molecule has 2 fully saturated rings. The predicted molar refractivity (Wildman–Crippen MR) is 127 cm³/mol. The quantitative estimate of drug-likeness (QED) is 0.348. The summed E-state index contributed by atoms with van der Waals surface area (Å²) in [6.07, 6.45) is 10.6. The van der Waals surface area contributed by atoms with Crippen LogP contribution < -0.4 is 0 Å². The van der Waals surface area contributed by atoms with Gasteiger partial charge in [0.2, 0.25) is 0 Å². The lowest BCUT2D eigenvalue weighted by Gasteiger charge is -2.57. The van der Waals surface area contributed by atoms with Crippen molar-refractivity contribution in [2.75, 3.05) is 0 Å². The van der Waals surface area contributed by atoms with Gasteiger partial charge in [0, 0.05) is 5.04 Å². The summed E-state index contributed by atoms with van der Waals surface area (Å²) in [5.74, 6) is 1.51. The van der Waals surface area contributed by atoms with Crippen molar-refractivity contribution < 1.29 is 4.65 Å². The summed E-state index contributed by atoms with van der Waals surface area (Å²) < 4.78 is 7.32. The highest BCUT2D eigenvalue weighted by molar-refractivity contribution is 6.80. The zero-order valence-corrected chi connectivity index (χ0v) is 20.1. The summed E-state index contributed by atoms with van der Waals surface area (Å²) in [6, 6.07) is 11.0. The van der Waals surface area contributed by atoms with Gasteiger partial charge in [-0.05, 0) is 22.6 Å². The molecule has 3 rings (SSSR count). The SMILES string of the molecule is C=C[C@@]([C@@H](OB1C2CCCC1CCC2)c1ccccc1)(C(C)(C)C)[Si](C)(C)C. The van der Waals surface area contributed by atoms with Crippen LogP contribution in [0, 0.1) is 5.41 Å². The third-order valence-corrected chi connectivity index (χ3v) is 11.5. The first-order valence-corrected chi connectivity index (χ1v) is 15.0. The van der Waals surface area contributed by atoms with E-state index in [9.17, 15) is 0 Å². The van der Waals surface area contributed by atoms with Crippen molar-refractivity contribution in [2.45, 2.75) is 102 Å². The molecule has 1 aromatic carbocycles. The van der Waals surface area contributed by atoms with Gasteiger partial charge >= 0.3 is 0 Å². The largest absolute Gasteiger partial charge is 0.428 e. The van der Waals surface area contributed by atoms with Crippen LogP contribution >= 0.6 is 0 Å². The normalized spacial score (nSPS) is 26.4. The Balaban J connectivity index is 2.10. The molecule has 0 aliphatic carbocycles. The van der Waals surface area contributed by atoms with E-state index in [0.29, 0.717) is 6.92 Å². The van der Waals surface area contributed by atoms with Crippen molar-refractivity contribution in [1.29, 1.82) is 0 Å². The van der Waals surface area contributed by atoms with Crippen LogP contribution in [0.5, 0.6) is 0 Å². The topological polar surface area (TPSA) is 9.23 Å². The second kappa shape index (κ2) is 8.14. The first kappa shape index (κ1) is 21.9. The highest BCUT2D eigenvalue weighted by Gasteiger charge is 2.57. The van der Waals surface area contributed by atoms with Gasteiger partial charge in [-0.1, -0.05) is 115 Å². The Morgan fingerprint density at radius 1 is 1.00 bits per heavy atom. The van der Waals surface area contributed by atoms with E-state index in [1.165, 1.54) is 44.1 Å². The third kappa shape index (κ3) is 3.82. The molecular formula is C25H41BOSi. The van der Waals surface area contributed by atoms with E-state index in [2.05, 4.69) is 83.4 Å². The molecule has 3 heteroatoms. The fourth-order valence-corrected chi connectivity index (χ4v) is 10.6. The van der Waals surface area contributed by atoms with E-state index < -0.39 is 8.07 Å². The number of rotatable bonds is 6. The molecule has 2 aliphatic rings. The average molecular weight is 397 g/mol. The van der Waals surface area contributed by atoms with Crippen LogP contribution in [0.25, 0.3) is 0 Å². The Bertz CT molecular complexity index is 621. The first-order chi connectivity index (χ1) is 13.1. The van der Waals surface area contributed by atoms with Crippen molar-refractivity contribution in [3.8, 4) is 0 Å². The van der Waals surface area contributed by atoms with Crippen molar-refractivity contribution in [3.05, 3.63) is 48.6 Å². The van der Waals surface area contributed by atoms with E-state index in [4.69, 9.17) is 4.65 Å². The van der Waals surface area contributed by atoms with Gasteiger partial charge in [0.25, 0.3) is 6.92 Å². The Morgan fingerprint density at radius 2 is 1.50 bits per heavy atom. The van der Waals surface area contributed by atoms with Crippen LogP contribution in [-0.4, -0.2) is 15.0 Å². The molecule has 2 atom stereocenters. The summed E-state index contributed by atoms with van der Waals surface area (Å²) in [5.41, 5.74) is 1.42. The molecule has 154 valence electrons. The van der Waals surface area contributed by atoms with E-state index in [1.807, 2.05) is 0 Å². The maximum Gasteiger partial charge on any atom is 0.300 e. The number of hydrogen-bond donors (Lipinski definition) is 0. The summed E-state index contributed by atoms with van der Waals surface area (Å²) in [7, 11) is -1.68. The number of benzene rings is 1. The Hall–Kier alpha value is -0.798. The molecule has 0 radical (unpaired) electrons. The first-order valence-electron chi connectivity index (χ1n) is 11.5. The lowest BCUT2D eigenvalue weighted by atomic mass is 9.37. The van der Waals surface area contributed by atoms with Gasteiger partial charge in [-0.3, -0.25) is 0 Å². The molecule has 2 saturated heterocycles. The molecule has 2 heterocycles. The van der Waals surface area contributed by atoms with Crippen LogP contribution in [0.15, 0.2) is 43.0 Å². The average Bonchev–Trinajstić information content (AvgIpc) is 2.60. The van der Waals surface area contributed by atoms with Crippen LogP contribution in [0.3, 0.4) is 0 Å². The minimum Gasteiger partial charge on any atom is -0.428 e. The van der Waals surface area contributed by atoms with Crippen molar-refractivity contribution >= 4 is 15.0 Å². The predicted octanol–water partition coefficient (Wildman–Crippen LogP) is 8.15. The lowest BCUT2D eigenvalue weighted by Crippen LogP contribution is -2.53. The van der Waals surface area contributed by atoms with Gasteiger partial charge in [0.15, 0.2) is 0 Å². The standard InChI is InChI=1S/C25H41BOSi/c1-8-25(24(2,3)4,28(5,6)7)23(20-14-10-9-11-15-20)27-26-21-16-12-17-22(26)19-13-18-21/h8-11,14-15,21-23H,1,12-13,16-19H2,2-7H3/t21?,22?,23-,25+/m0/s1. The Kier molecular flexibility index (Phi) is 6.37. The molecule has 0 saturated carbocycles. The van der Waals surface area contributed by atoms with Crippen LogP contribution in [-0.2, 0) is 4.65 Å². The van der Waals surface area contributed by atoms with Gasteiger partial charge in [0.1, 0.15) is 0 Å². The Labute approximate surface area is 175 Å². The second-order valence-electron chi connectivity index (χ2n) is 11.3. The molecular weight excluding hydrogens is 355 g/mol. The van der Waals surface area contributed by atoms with E-state index in [0.717, 1.165) is 11.6 Å². The van der Waals surface area contributed by atoms with E-state index in [-0.39, 0.29) is 16.6 Å². The molecule has 0 amide bonds. The summed E-state index contributed by atoms with van der Waals surface area (Å²) >= 11 is 0. The molecule has 0 N–H and O–H groups in total. The molecule has 28 heavy (non-hydrogen) atoms. The van der Waals surface area contributed by atoms with Crippen LogP contribution in [0.2, 0.25) is 36.3 Å². The van der Waals surface area contributed by atoms with Gasteiger partial charge in [-0.15, -0.1) is 6.58 Å². The number of fused-ring (bicyclic) bond motifs is 2. The maximum atomic E-state index is 7.32. The van der Waals surface area contributed by atoms with Crippen molar-refractivity contribution in [1.82, 2.24) is 0 Å². The monoisotopic (exact) mass is 396 g/mol. The van der Waals surface area contributed by atoms with Crippen LogP contribution in [0.4, 0.5) is 0 Å². The zero-order chi connectivity index (χ0) is 20.6. The highest BCUT2D eigenvalue weighted by Crippen LogP contribution is 2.64. The zero-order valence-electron chi connectivity index (χ0n) is 19.1. The number of hydrogen-bond acceptors (Lipinski definition) is 1. The van der Waals surface area contributed by atoms with Crippen molar-refractivity contribution in [3.63, 3.8) is 0 Å². The molecule has 2 aliphatic heterocycles. The van der Waals surface area contributed by atoms with Gasteiger partial charge in [0.05, 0.1) is 14.2 Å². The molecule has 0 aromatic heterocycles. The van der Waals surface area contributed by atoms with Gasteiger partial charge in [-0.2, -0.15) is 0 Å². The minimum atomic E-state index is -1.68. The molecule has 2 bridgehead atoms. The van der Waals surface area contributed by atoms with Gasteiger partial charge < -0.3 is 4.65 Å². The van der Waals surface area contributed by atoms with Crippen molar-refractivity contribution in [2.24, 2.45) is 5.41 Å². The molecule has 0 spiro atoms. The maximum absolute atomic E-state index is 7.32. The fourth-order valence-electron chi connectivity index (χ4n) is 6.70. The molecule has 1 aromatic rings. The van der Waals surface area contributed by atoms with Gasteiger partial charge in [-0.25, -0.2) is 0 Å². The molecule has 1 nitrogen and oxygen atoms in total. The third-order valence-electron chi connectivity index (χ3n) is 7.84.